The number of hydrogen-bond acceptors (Lipinski definition) is 5. The van der Waals surface area contributed by atoms with E-state index in [9.17, 15) is 22.9 Å². The fraction of sp³-hybridized carbons (Fsp3) is 0.0435. The molecule has 0 spiro atoms. The smallest absolute Gasteiger partial charge is 0.339 e. The molecule has 3 aromatic rings. The van der Waals surface area contributed by atoms with Crippen molar-refractivity contribution in [2.45, 2.75) is 11.8 Å². The number of nitrogens with one attached hydrogen (secondary N) is 1. The molecule has 0 aliphatic heterocycles. The first-order valence-corrected chi connectivity index (χ1v) is 12.3. The van der Waals surface area contributed by atoms with Gasteiger partial charge in [0.1, 0.15) is 22.4 Å². The molecule has 10 heteroatoms. The summed E-state index contributed by atoms with van der Waals surface area (Å²) in [7, 11) is -4.09. The van der Waals surface area contributed by atoms with Gasteiger partial charge in [-0.15, -0.1) is 0 Å². The lowest BCUT2D eigenvalue weighted by molar-refractivity contribution is -0.112. The highest BCUT2D eigenvalue weighted by atomic mass is 79.9. The minimum absolute atomic E-state index is 0.0000958. The van der Waals surface area contributed by atoms with E-state index in [-0.39, 0.29) is 25.2 Å². The first-order chi connectivity index (χ1) is 15.6. The third-order valence-corrected chi connectivity index (χ3v) is 6.72. The van der Waals surface area contributed by atoms with E-state index in [1.807, 2.05) is 13.0 Å². The first kappa shape index (κ1) is 24.6. The number of carbonyl (C=O) groups excluding carboxylic acids is 1. The van der Waals surface area contributed by atoms with Crippen molar-refractivity contribution in [3.8, 4) is 11.8 Å². The Kier molecular flexibility index (Phi) is 7.68. The lowest BCUT2D eigenvalue weighted by Crippen LogP contribution is -2.13. The topological polar surface area (TPSA) is 96.3 Å². The normalized spacial score (nSPS) is 11.5. The number of halogens is 3. The van der Waals surface area contributed by atoms with Crippen molar-refractivity contribution in [3.05, 3.63) is 92.1 Å². The number of nitrogens with zero attached hydrogens (tertiary/aromatic N) is 1. The summed E-state index contributed by atoms with van der Waals surface area (Å²) in [6.07, 6.45) is 1.33. The van der Waals surface area contributed by atoms with Crippen LogP contribution in [0.4, 0.5) is 10.1 Å². The van der Waals surface area contributed by atoms with Gasteiger partial charge in [0.15, 0.2) is 5.75 Å². The summed E-state index contributed by atoms with van der Waals surface area (Å²) in [5, 5.41) is 11.9. The van der Waals surface area contributed by atoms with Gasteiger partial charge in [0, 0.05) is 5.69 Å². The zero-order valence-corrected chi connectivity index (χ0v) is 21.0. The van der Waals surface area contributed by atoms with Crippen LogP contribution in [0.2, 0.25) is 0 Å². The second-order valence-corrected chi connectivity index (χ2v) is 10.1. The van der Waals surface area contributed by atoms with E-state index >= 15 is 0 Å². The van der Waals surface area contributed by atoms with Gasteiger partial charge in [-0.1, -0.05) is 17.7 Å². The summed E-state index contributed by atoms with van der Waals surface area (Å²) in [4.78, 5) is 12.4. The van der Waals surface area contributed by atoms with Crippen LogP contribution in [0.25, 0.3) is 6.08 Å². The van der Waals surface area contributed by atoms with E-state index in [2.05, 4.69) is 37.2 Å². The Morgan fingerprint density at radius 2 is 1.64 bits per heavy atom. The van der Waals surface area contributed by atoms with Crippen LogP contribution in [0.5, 0.6) is 5.75 Å². The molecule has 0 saturated heterocycles. The van der Waals surface area contributed by atoms with Crippen LogP contribution < -0.4 is 9.50 Å². The molecule has 168 valence electrons. The molecule has 1 amide bonds. The number of nitriles is 1. The Balaban J connectivity index is 1.85. The molecule has 6 nitrogen and oxygen atoms in total. The number of carbonyl (C=O) groups is 1. The summed E-state index contributed by atoms with van der Waals surface area (Å²) in [6.45, 7) is 1.84. The van der Waals surface area contributed by atoms with Crippen LogP contribution in [-0.4, -0.2) is 14.3 Å². The van der Waals surface area contributed by atoms with Gasteiger partial charge in [-0.2, -0.15) is 13.7 Å². The molecule has 0 aliphatic carbocycles. The first-order valence-electron chi connectivity index (χ1n) is 9.28. The fourth-order valence-electron chi connectivity index (χ4n) is 2.65. The molecule has 3 aromatic carbocycles. The van der Waals surface area contributed by atoms with Crippen LogP contribution in [0.1, 0.15) is 11.1 Å². The molecule has 0 aliphatic rings. The van der Waals surface area contributed by atoms with Crippen molar-refractivity contribution < 1.29 is 21.8 Å². The molecule has 3 rings (SSSR count). The van der Waals surface area contributed by atoms with Crippen LogP contribution in [0.15, 0.2) is 80.1 Å². The molecule has 0 aromatic heterocycles. The van der Waals surface area contributed by atoms with Gasteiger partial charge in [0.2, 0.25) is 0 Å². The molecule has 0 atom stereocenters. The van der Waals surface area contributed by atoms with E-state index in [0.29, 0.717) is 11.3 Å². The third-order valence-electron chi connectivity index (χ3n) is 4.30. The largest absolute Gasteiger partial charge is 0.377 e. The summed E-state index contributed by atoms with van der Waals surface area (Å²) in [5.41, 5.74) is 1.46. The predicted octanol–water partition coefficient (Wildman–Crippen LogP) is 5.97. The summed E-state index contributed by atoms with van der Waals surface area (Å²) in [6, 6.07) is 16.2. The number of amides is 1. The fourth-order valence-corrected chi connectivity index (χ4v) is 5.21. The summed E-state index contributed by atoms with van der Waals surface area (Å²) in [5.74, 6) is -1.12. The molecule has 0 bridgehead atoms. The van der Waals surface area contributed by atoms with E-state index in [0.717, 1.165) is 5.56 Å². The average molecular weight is 594 g/mol. The Hall–Kier alpha value is -3.00. The van der Waals surface area contributed by atoms with Crippen LogP contribution in [0.3, 0.4) is 0 Å². The minimum atomic E-state index is -4.09. The molecule has 0 heterocycles. The molecular weight excluding hydrogens is 579 g/mol. The van der Waals surface area contributed by atoms with Gasteiger partial charge >= 0.3 is 10.1 Å². The second kappa shape index (κ2) is 10.3. The van der Waals surface area contributed by atoms with Gasteiger partial charge in [0.25, 0.3) is 5.91 Å². The highest BCUT2D eigenvalue weighted by Gasteiger charge is 2.21. The molecule has 1 N–H and O–H groups in total. The highest BCUT2D eigenvalue weighted by Crippen LogP contribution is 2.37. The van der Waals surface area contributed by atoms with Crippen LogP contribution >= 0.6 is 31.9 Å². The van der Waals surface area contributed by atoms with E-state index in [4.69, 9.17) is 4.18 Å². The third kappa shape index (κ3) is 6.28. The van der Waals surface area contributed by atoms with Gasteiger partial charge in [-0.05, 0) is 99.0 Å². The summed E-state index contributed by atoms with van der Waals surface area (Å²) < 4.78 is 44.1. The predicted molar refractivity (Wildman–Crippen MR) is 129 cm³/mol. The quantitative estimate of drug-likeness (QED) is 0.216. The van der Waals surface area contributed by atoms with Crippen molar-refractivity contribution in [2.75, 3.05) is 5.32 Å². The molecular formula is C23H15Br2FN2O4S. The second-order valence-electron chi connectivity index (χ2n) is 6.80. The minimum Gasteiger partial charge on any atom is -0.377 e. The van der Waals surface area contributed by atoms with Crippen molar-refractivity contribution in [3.63, 3.8) is 0 Å². The Morgan fingerprint density at radius 3 is 2.18 bits per heavy atom. The number of anilines is 1. The van der Waals surface area contributed by atoms with Crippen LogP contribution in [0, 0.1) is 24.1 Å². The van der Waals surface area contributed by atoms with Crippen molar-refractivity contribution >= 4 is 59.6 Å². The maximum Gasteiger partial charge on any atom is 0.339 e. The number of aryl methyl sites for hydroxylation is 1. The Morgan fingerprint density at radius 1 is 1.06 bits per heavy atom. The van der Waals surface area contributed by atoms with Crippen LogP contribution in [-0.2, 0) is 14.9 Å². The monoisotopic (exact) mass is 592 g/mol. The maximum atomic E-state index is 13.0. The van der Waals surface area contributed by atoms with Gasteiger partial charge in [-0.3, -0.25) is 4.79 Å². The average Bonchev–Trinajstić information content (AvgIpc) is 2.76. The molecule has 0 fully saturated rings. The molecule has 0 radical (unpaired) electrons. The number of rotatable bonds is 6. The summed E-state index contributed by atoms with van der Waals surface area (Å²) >= 11 is 6.55. The highest BCUT2D eigenvalue weighted by molar-refractivity contribution is 9.11. The molecule has 33 heavy (non-hydrogen) atoms. The zero-order valence-electron chi connectivity index (χ0n) is 17.0. The maximum absolute atomic E-state index is 13.0. The molecule has 0 unspecified atom stereocenters. The Bertz CT molecular complexity index is 1360. The van der Waals surface area contributed by atoms with Gasteiger partial charge < -0.3 is 9.50 Å². The number of hydrogen-bond donors (Lipinski definition) is 1. The van der Waals surface area contributed by atoms with E-state index in [1.165, 1.54) is 54.6 Å². The van der Waals surface area contributed by atoms with E-state index < -0.39 is 21.8 Å². The lowest BCUT2D eigenvalue weighted by Gasteiger charge is -2.12. The van der Waals surface area contributed by atoms with Gasteiger partial charge in [0.05, 0.1) is 8.95 Å². The number of benzene rings is 3. The standard InChI is InChI=1S/C23H15Br2FN2O4S/c1-14-2-8-19(9-3-14)33(30,31)32-22-20(24)11-15(12-21(22)25)10-16(13-27)23(29)28-18-6-4-17(26)5-7-18/h2-12H,1H3,(H,28,29)/b16-10+. The zero-order chi connectivity index (χ0) is 24.2. The van der Waals surface area contributed by atoms with Crippen molar-refractivity contribution in [1.82, 2.24) is 0 Å². The van der Waals surface area contributed by atoms with Gasteiger partial charge in [-0.25, -0.2) is 4.39 Å². The Labute approximate surface area is 207 Å². The molecule has 0 saturated carbocycles. The lowest BCUT2D eigenvalue weighted by atomic mass is 10.1. The SMILES string of the molecule is Cc1ccc(S(=O)(=O)Oc2c(Br)cc(/C=C(\C#N)C(=O)Nc3ccc(F)cc3)cc2Br)cc1. The van der Waals surface area contributed by atoms with Crippen molar-refractivity contribution in [2.24, 2.45) is 0 Å². The van der Waals surface area contributed by atoms with Crippen molar-refractivity contribution in [1.29, 1.82) is 5.26 Å². The van der Waals surface area contributed by atoms with E-state index in [1.54, 1.807) is 12.1 Å².